The Morgan fingerprint density at radius 3 is 2.75 bits per heavy atom. The molecule has 2 rings (SSSR count). The molecule has 0 radical (unpaired) electrons. The molecule has 1 saturated carbocycles. The number of nitrogens with one attached hydrogen (secondary N) is 1. The Kier molecular flexibility index (Phi) is 3.94. The zero-order chi connectivity index (χ0) is 11.4. The van der Waals surface area contributed by atoms with E-state index in [1.807, 2.05) is 12.4 Å². The van der Waals surface area contributed by atoms with E-state index in [0.29, 0.717) is 12.1 Å². The molecular weight excluding hydrogens is 196 g/mol. The lowest BCUT2D eigenvalue weighted by Gasteiger charge is -2.30. The van der Waals surface area contributed by atoms with Gasteiger partial charge in [-0.3, -0.25) is 4.98 Å². The molecule has 1 heterocycles. The second kappa shape index (κ2) is 5.44. The van der Waals surface area contributed by atoms with Crippen molar-refractivity contribution < 1.29 is 0 Å². The van der Waals surface area contributed by atoms with Gasteiger partial charge in [-0.2, -0.15) is 0 Å². The normalized spacial score (nSPS) is 27.6. The maximum absolute atomic E-state index is 4.06. The molecule has 1 N–H and O–H groups in total. The second-order valence-electron chi connectivity index (χ2n) is 5.14. The van der Waals surface area contributed by atoms with Crippen molar-refractivity contribution in [3.8, 4) is 0 Å². The van der Waals surface area contributed by atoms with Gasteiger partial charge in [0.1, 0.15) is 0 Å². The standard InChI is InChI=1S/C14H22N2/c1-11-4-3-5-14(10-11)16-12(2)13-6-8-15-9-7-13/h6-9,11-12,14,16H,3-5,10H2,1-2H3. The molecular formula is C14H22N2. The molecule has 2 heteroatoms. The Morgan fingerprint density at radius 1 is 1.31 bits per heavy atom. The van der Waals surface area contributed by atoms with E-state index < -0.39 is 0 Å². The van der Waals surface area contributed by atoms with Crippen LogP contribution in [-0.4, -0.2) is 11.0 Å². The summed E-state index contributed by atoms with van der Waals surface area (Å²) in [5, 5.41) is 3.74. The summed E-state index contributed by atoms with van der Waals surface area (Å²) in [5.41, 5.74) is 1.34. The van der Waals surface area contributed by atoms with Crippen LogP contribution in [0.1, 0.15) is 51.1 Å². The Labute approximate surface area is 98.5 Å². The molecule has 2 nitrogen and oxygen atoms in total. The molecule has 3 unspecified atom stereocenters. The number of hydrogen-bond acceptors (Lipinski definition) is 2. The number of hydrogen-bond donors (Lipinski definition) is 1. The molecule has 1 fully saturated rings. The molecule has 0 saturated heterocycles. The SMILES string of the molecule is CC1CCCC(NC(C)c2ccncc2)C1. The summed E-state index contributed by atoms with van der Waals surface area (Å²) in [4.78, 5) is 4.06. The van der Waals surface area contributed by atoms with Crippen LogP contribution < -0.4 is 5.32 Å². The van der Waals surface area contributed by atoms with Crippen molar-refractivity contribution in [2.75, 3.05) is 0 Å². The van der Waals surface area contributed by atoms with Gasteiger partial charge < -0.3 is 5.32 Å². The summed E-state index contributed by atoms with van der Waals surface area (Å²) in [7, 11) is 0. The molecule has 0 aromatic carbocycles. The number of nitrogens with zero attached hydrogens (tertiary/aromatic N) is 1. The highest BCUT2D eigenvalue weighted by Crippen LogP contribution is 2.25. The average Bonchev–Trinajstić information content (AvgIpc) is 2.30. The van der Waals surface area contributed by atoms with Gasteiger partial charge in [-0.1, -0.05) is 19.8 Å². The van der Waals surface area contributed by atoms with Gasteiger partial charge in [-0.05, 0) is 43.4 Å². The van der Waals surface area contributed by atoms with Crippen molar-refractivity contribution in [1.82, 2.24) is 10.3 Å². The van der Waals surface area contributed by atoms with Crippen LogP contribution >= 0.6 is 0 Å². The molecule has 1 aliphatic rings. The summed E-state index contributed by atoms with van der Waals surface area (Å²) in [6.07, 6.45) is 9.19. The Morgan fingerprint density at radius 2 is 2.06 bits per heavy atom. The third kappa shape index (κ3) is 3.05. The molecule has 0 bridgehead atoms. The molecule has 16 heavy (non-hydrogen) atoms. The predicted octanol–water partition coefficient (Wildman–Crippen LogP) is 3.31. The van der Waals surface area contributed by atoms with Gasteiger partial charge in [0, 0.05) is 24.5 Å². The lowest BCUT2D eigenvalue weighted by Crippen LogP contribution is -2.35. The molecule has 3 atom stereocenters. The van der Waals surface area contributed by atoms with Gasteiger partial charge in [0.05, 0.1) is 0 Å². The molecule has 88 valence electrons. The highest BCUT2D eigenvalue weighted by molar-refractivity contribution is 5.14. The minimum atomic E-state index is 0.443. The fourth-order valence-electron chi connectivity index (χ4n) is 2.69. The van der Waals surface area contributed by atoms with Crippen LogP contribution in [0.2, 0.25) is 0 Å². The van der Waals surface area contributed by atoms with Gasteiger partial charge in [0.15, 0.2) is 0 Å². The van der Waals surface area contributed by atoms with Crippen molar-refractivity contribution in [3.63, 3.8) is 0 Å². The predicted molar refractivity (Wildman–Crippen MR) is 67.2 cm³/mol. The van der Waals surface area contributed by atoms with Crippen LogP contribution in [0.4, 0.5) is 0 Å². The van der Waals surface area contributed by atoms with Gasteiger partial charge in [0.25, 0.3) is 0 Å². The molecule has 0 amide bonds. The van der Waals surface area contributed by atoms with E-state index in [1.54, 1.807) is 0 Å². The van der Waals surface area contributed by atoms with Crippen LogP contribution in [0.3, 0.4) is 0 Å². The first kappa shape index (κ1) is 11.6. The lowest BCUT2D eigenvalue weighted by molar-refractivity contribution is 0.285. The molecule has 0 spiro atoms. The molecule has 1 aromatic rings. The van der Waals surface area contributed by atoms with E-state index in [-0.39, 0.29) is 0 Å². The van der Waals surface area contributed by atoms with Crippen LogP contribution in [0.5, 0.6) is 0 Å². The smallest absolute Gasteiger partial charge is 0.0295 e. The fourth-order valence-corrected chi connectivity index (χ4v) is 2.69. The maximum Gasteiger partial charge on any atom is 0.0295 e. The van der Waals surface area contributed by atoms with E-state index in [0.717, 1.165) is 5.92 Å². The van der Waals surface area contributed by atoms with E-state index >= 15 is 0 Å². The zero-order valence-corrected chi connectivity index (χ0v) is 10.3. The fraction of sp³-hybridized carbons (Fsp3) is 0.643. The van der Waals surface area contributed by atoms with Crippen molar-refractivity contribution in [2.24, 2.45) is 5.92 Å². The second-order valence-corrected chi connectivity index (χ2v) is 5.14. The highest BCUT2D eigenvalue weighted by atomic mass is 14.9. The topological polar surface area (TPSA) is 24.9 Å². The van der Waals surface area contributed by atoms with E-state index in [4.69, 9.17) is 0 Å². The summed E-state index contributed by atoms with van der Waals surface area (Å²) >= 11 is 0. The van der Waals surface area contributed by atoms with Crippen LogP contribution in [-0.2, 0) is 0 Å². The van der Waals surface area contributed by atoms with Crippen molar-refractivity contribution >= 4 is 0 Å². The molecule has 1 aromatic heterocycles. The van der Waals surface area contributed by atoms with Crippen LogP contribution in [0.15, 0.2) is 24.5 Å². The number of rotatable bonds is 3. The summed E-state index contributed by atoms with van der Waals surface area (Å²) in [5.74, 6) is 0.885. The first-order valence-corrected chi connectivity index (χ1v) is 6.41. The van der Waals surface area contributed by atoms with Crippen LogP contribution in [0.25, 0.3) is 0 Å². The Hall–Kier alpha value is -0.890. The minimum absolute atomic E-state index is 0.443. The minimum Gasteiger partial charge on any atom is -0.307 e. The largest absolute Gasteiger partial charge is 0.307 e. The summed E-state index contributed by atoms with van der Waals surface area (Å²) in [6.45, 7) is 4.61. The average molecular weight is 218 g/mol. The van der Waals surface area contributed by atoms with E-state index in [9.17, 15) is 0 Å². The molecule has 0 aliphatic heterocycles. The zero-order valence-electron chi connectivity index (χ0n) is 10.3. The van der Waals surface area contributed by atoms with Crippen LogP contribution in [0, 0.1) is 5.92 Å². The third-order valence-corrected chi connectivity index (χ3v) is 3.63. The van der Waals surface area contributed by atoms with Gasteiger partial charge in [0.2, 0.25) is 0 Å². The first-order valence-electron chi connectivity index (χ1n) is 6.41. The number of aromatic nitrogens is 1. The maximum atomic E-state index is 4.06. The number of pyridine rings is 1. The summed E-state index contributed by atoms with van der Waals surface area (Å²) < 4.78 is 0. The van der Waals surface area contributed by atoms with Gasteiger partial charge in [-0.15, -0.1) is 0 Å². The third-order valence-electron chi connectivity index (χ3n) is 3.63. The van der Waals surface area contributed by atoms with Crippen molar-refractivity contribution in [1.29, 1.82) is 0 Å². The first-order chi connectivity index (χ1) is 7.75. The molecule has 1 aliphatic carbocycles. The van der Waals surface area contributed by atoms with E-state index in [2.05, 4.69) is 36.3 Å². The lowest BCUT2D eigenvalue weighted by atomic mass is 9.86. The summed E-state index contributed by atoms with van der Waals surface area (Å²) in [6, 6.07) is 5.35. The Bertz CT molecular complexity index is 310. The van der Waals surface area contributed by atoms with E-state index in [1.165, 1.54) is 31.2 Å². The Balaban J connectivity index is 1.89. The van der Waals surface area contributed by atoms with Gasteiger partial charge >= 0.3 is 0 Å². The van der Waals surface area contributed by atoms with Crippen molar-refractivity contribution in [2.45, 2.75) is 51.6 Å². The monoisotopic (exact) mass is 218 g/mol. The highest BCUT2D eigenvalue weighted by Gasteiger charge is 2.20. The van der Waals surface area contributed by atoms with Gasteiger partial charge in [-0.25, -0.2) is 0 Å². The quantitative estimate of drug-likeness (QED) is 0.842. The van der Waals surface area contributed by atoms with Crippen molar-refractivity contribution in [3.05, 3.63) is 30.1 Å².